The third-order valence-corrected chi connectivity index (χ3v) is 4.27. The van der Waals surface area contributed by atoms with E-state index in [1.165, 1.54) is 27.5 Å². The van der Waals surface area contributed by atoms with Gasteiger partial charge in [-0.05, 0) is 50.1 Å². The first-order chi connectivity index (χ1) is 11.9. The van der Waals surface area contributed by atoms with Gasteiger partial charge in [0.2, 0.25) is 0 Å². The van der Waals surface area contributed by atoms with E-state index in [4.69, 9.17) is 4.74 Å². The van der Waals surface area contributed by atoms with E-state index >= 15 is 0 Å². The van der Waals surface area contributed by atoms with Crippen LogP contribution >= 0.6 is 0 Å². The summed E-state index contributed by atoms with van der Waals surface area (Å²) >= 11 is 0. The molecule has 0 aliphatic heterocycles. The number of hydrogen-bond donors (Lipinski definition) is 1. The lowest BCUT2D eigenvalue weighted by Gasteiger charge is -2.23. The first kappa shape index (κ1) is 17.5. The van der Waals surface area contributed by atoms with Gasteiger partial charge in [-0.3, -0.25) is 0 Å². The maximum atomic E-state index is 6.21. The van der Waals surface area contributed by atoms with Crippen LogP contribution in [0.15, 0.2) is 60.7 Å². The van der Waals surface area contributed by atoms with E-state index in [-0.39, 0.29) is 5.54 Å². The van der Waals surface area contributed by atoms with Crippen molar-refractivity contribution >= 4 is 10.8 Å². The summed E-state index contributed by atoms with van der Waals surface area (Å²) in [6.07, 6.45) is 0. The fraction of sp³-hybridized carbons (Fsp3) is 0.304. The van der Waals surface area contributed by atoms with Gasteiger partial charge in [-0.25, -0.2) is 0 Å². The van der Waals surface area contributed by atoms with Crippen LogP contribution in [0.3, 0.4) is 0 Å². The van der Waals surface area contributed by atoms with Gasteiger partial charge in [0, 0.05) is 17.6 Å². The molecular formula is C23H27NO. The molecule has 25 heavy (non-hydrogen) atoms. The molecule has 0 radical (unpaired) electrons. The van der Waals surface area contributed by atoms with E-state index in [1.807, 2.05) is 0 Å². The largest absolute Gasteiger partial charge is 0.489 e. The van der Waals surface area contributed by atoms with Crippen LogP contribution < -0.4 is 10.1 Å². The van der Waals surface area contributed by atoms with Gasteiger partial charge in [0.15, 0.2) is 0 Å². The van der Waals surface area contributed by atoms with Crippen LogP contribution in [0.5, 0.6) is 5.75 Å². The van der Waals surface area contributed by atoms with E-state index in [9.17, 15) is 0 Å². The summed E-state index contributed by atoms with van der Waals surface area (Å²) in [6.45, 7) is 10.0. The maximum Gasteiger partial charge on any atom is 0.124 e. The van der Waals surface area contributed by atoms with Crippen LogP contribution in [-0.4, -0.2) is 5.54 Å². The van der Waals surface area contributed by atoms with Crippen molar-refractivity contribution in [1.29, 1.82) is 0 Å². The molecule has 130 valence electrons. The van der Waals surface area contributed by atoms with E-state index in [2.05, 4.69) is 93.7 Å². The number of benzene rings is 3. The highest BCUT2D eigenvalue weighted by Crippen LogP contribution is 2.29. The molecule has 0 amide bonds. The van der Waals surface area contributed by atoms with Crippen molar-refractivity contribution in [3.8, 4) is 5.75 Å². The Morgan fingerprint density at radius 2 is 1.72 bits per heavy atom. The molecule has 3 rings (SSSR count). The van der Waals surface area contributed by atoms with Crippen molar-refractivity contribution in [3.63, 3.8) is 0 Å². The van der Waals surface area contributed by atoms with Gasteiger partial charge < -0.3 is 10.1 Å². The lowest BCUT2D eigenvalue weighted by atomic mass is 10.0. The molecule has 0 bridgehead atoms. The molecule has 3 aromatic carbocycles. The van der Waals surface area contributed by atoms with Gasteiger partial charge in [-0.15, -0.1) is 0 Å². The molecule has 3 aromatic rings. The number of nitrogens with one attached hydrogen (secondary N) is 1. The van der Waals surface area contributed by atoms with Gasteiger partial charge in [-0.2, -0.15) is 0 Å². The van der Waals surface area contributed by atoms with Gasteiger partial charge in [0.1, 0.15) is 12.4 Å². The Morgan fingerprint density at radius 1 is 0.920 bits per heavy atom. The molecule has 2 nitrogen and oxygen atoms in total. The smallest absolute Gasteiger partial charge is 0.124 e. The Kier molecular flexibility index (Phi) is 5.10. The fourth-order valence-electron chi connectivity index (χ4n) is 2.95. The third kappa shape index (κ3) is 4.61. The summed E-state index contributed by atoms with van der Waals surface area (Å²) in [5.74, 6) is 0.956. The van der Waals surface area contributed by atoms with Crippen molar-refractivity contribution in [2.24, 2.45) is 0 Å². The summed E-state index contributed by atoms with van der Waals surface area (Å²) in [5.41, 5.74) is 3.74. The SMILES string of the molecule is Cc1cccc(COc2ccc3ccccc3c2CNC(C)(C)C)c1. The van der Waals surface area contributed by atoms with Gasteiger partial charge in [0.25, 0.3) is 0 Å². The molecule has 0 fully saturated rings. The zero-order valence-electron chi connectivity index (χ0n) is 15.6. The highest BCUT2D eigenvalue weighted by Gasteiger charge is 2.14. The van der Waals surface area contributed by atoms with Gasteiger partial charge in [-0.1, -0.05) is 60.2 Å². The van der Waals surface area contributed by atoms with Crippen molar-refractivity contribution in [3.05, 3.63) is 77.4 Å². The number of ether oxygens (including phenoxy) is 1. The predicted molar refractivity (Wildman–Crippen MR) is 106 cm³/mol. The summed E-state index contributed by atoms with van der Waals surface area (Å²) in [7, 11) is 0. The van der Waals surface area contributed by atoms with Gasteiger partial charge >= 0.3 is 0 Å². The van der Waals surface area contributed by atoms with E-state index in [0.717, 1.165) is 12.3 Å². The van der Waals surface area contributed by atoms with Crippen molar-refractivity contribution in [2.75, 3.05) is 0 Å². The van der Waals surface area contributed by atoms with Crippen molar-refractivity contribution in [2.45, 2.75) is 46.4 Å². The summed E-state index contributed by atoms with van der Waals surface area (Å²) in [4.78, 5) is 0. The minimum atomic E-state index is 0.0603. The lowest BCUT2D eigenvalue weighted by molar-refractivity contribution is 0.301. The second-order valence-corrected chi connectivity index (χ2v) is 7.64. The molecule has 0 heterocycles. The highest BCUT2D eigenvalue weighted by molar-refractivity contribution is 5.87. The first-order valence-corrected chi connectivity index (χ1v) is 8.86. The number of aryl methyl sites for hydroxylation is 1. The number of rotatable bonds is 5. The number of fused-ring (bicyclic) bond motifs is 1. The second kappa shape index (κ2) is 7.28. The second-order valence-electron chi connectivity index (χ2n) is 7.64. The molecule has 0 unspecified atom stereocenters. The summed E-state index contributed by atoms with van der Waals surface area (Å²) in [6, 6.07) is 21.2. The Balaban J connectivity index is 1.90. The number of hydrogen-bond acceptors (Lipinski definition) is 2. The molecular weight excluding hydrogens is 306 g/mol. The summed E-state index contributed by atoms with van der Waals surface area (Å²) in [5, 5.41) is 6.10. The zero-order valence-corrected chi connectivity index (χ0v) is 15.6. The molecule has 0 spiro atoms. The highest BCUT2D eigenvalue weighted by atomic mass is 16.5. The van der Waals surface area contributed by atoms with Gasteiger partial charge in [0.05, 0.1) is 0 Å². The van der Waals surface area contributed by atoms with Crippen LogP contribution in [0.4, 0.5) is 0 Å². The van der Waals surface area contributed by atoms with Crippen LogP contribution in [0.25, 0.3) is 10.8 Å². The van der Waals surface area contributed by atoms with Crippen LogP contribution in [-0.2, 0) is 13.2 Å². The molecule has 0 aliphatic rings. The molecule has 0 aromatic heterocycles. The normalized spacial score (nSPS) is 11.7. The molecule has 2 heteroatoms. The Bertz CT molecular complexity index is 861. The van der Waals surface area contributed by atoms with Crippen LogP contribution in [0.2, 0.25) is 0 Å². The Labute approximate surface area is 150 Å². The molecule has 0 atom stereocenters. The van der Waals surface area contributed by atoms with Crippen molar-refractivity contribution < 1.29 is 4.74 Å². The van der Waals surface area contributed by atoms with Crippen LogP contribution in [0.1, 0.15) is 37.5 Å². The monoisotopic (exact) mass is 333 g/mol. The minimum Gasteiger partial charge on any atom is -0.489 e. The Hall–Kier alpha value is -2.32. The summed E-state index contributed by atoms with van der Waals surface area (Å²) < 4.78 is 6.21. The standard InChI is InChI=1S/C23H27NO/c1-17-8-7-9-18(14-17)16-25-22-13-12-19-10-5-6-11-20(19)21(22)15-24-23(2,3)4/h5-14,24H,15-16H2,1-4H3. The van der Waals surface area contributed by atoms with Crippen LogP contribution in [0, 0.1) is 6.92 Å². The first-order valence-electron chi connectivity index (χ1n) is 8.86. The molecule has 0 saturated heterocycles. The quantitative estimate of drug-likeness (QED) is 0.655. The lowest BCUT2D eigenvalue weighted by Crippen LogP contribution is -2.35. The third-order valence-electron chi connectivity index (χ3n) is 4.27. The average Bonchev–Trinajstić information content (AvgIpc) is 2.57. The molecule has 0 aliphatic carbocycles. The predicted octanol–water partition coefficient (Wildman–Crippen LogP) is 5.62. The fourth-order valence-corrected chi connectivity index (χ4v) is 2.95. The average molecular weight is 333 g/mol. The molecule has 0 saturated carbocycles. The minimum absolute atomic E-state index is 0.0603. The zero-order chi connectivity index (χ0) is 17.9. The van der Waals surface area contributed by atoms with E-state index < -0.39 is 0 Å². The Morgan fingerprint density at radius 3 is 2.48 bits per heavy atom. The topological polar surface area (TPSA) is 21.3 Å². The van der Waals surface area contributed by atoms with Crippen molar-refractivity contribution in [1.82, 2.24) is 5.32 Å². The van der Waals surface area contributed by atoms with E-state index in [1.54, 1.807) is 0 Å². The molecule has 1 N–H and O–H groups in total. The maximum absolute atomic E-state index is 6.21. The van der Waals surface area contributed by atoms with E-state index in [0.29, 0.717) is 6.61 Å².